The molecule has 0 bridgehead atoms. The molecule has 0 fully saturated rings. The average molecular weight is 334 g/mol. The van der Waals surface area contributed by atoms with Crippen LogP contribution in [-0.4, -0.2) is 20.8 Å². The molecule has 0 aromatic heterocycles. The van der Waals surface area contributed by atoms with Gasteiger partial charge in [-0.2, -0.15) is 5.26 Å². The summed E-state index contributed by atoms with van der Waals surface area (Å²) in [7, 11) is 3.06. The lowest BCUT2D eigenvalue weighted by Gasteiger charge is -2.06. The molecular weight excluding hydrogens is 314 g/mol. The first-order valence-electron chi connectivity index (χ1n) is 7.27. The van der Waals surface area contributed by atoms with Gasteiger partial charge >= 0.3 is 0 Å². The highest BCUT2D eigenvalue weighted by Crippen LogP contribution is 2.19. The van der Waals surface area contributed by atoms with Gasteiger partial charge in [0.25, 0.3) is 0 Å². The number of rotatable bonds is 5. The molecule has 4 nitrogen and oxygen atoms in total. The minimum absolute atomic E-state index is 0.168. The van der Waals surface area contributed by atoms with Gasteiger partial charge in [0.15, 0.2) is 0 Å². The third-order valence-corrected chi connectivity index (χ3v) is 3.17. The van der Waals surface area contributed by atoms with Gasteiger partial charge in [-0.25, -0.2) is 8.78 Å². The summed E-state index contributed by atoms with van der Waals surface area (Å²) in [6.45, 7) is 0.500. The Bertz CT molecular complexity index is 700. The van der Waals surface area contributed by atoms with Gasteiger partial charge in [0.05, 0.1) is 26.7 Å². The van der Waals surface area contributed by atoms with E-state index in [1.165, 1.54) is 37.4 Å². The molecule has 0 unspecified atom stereocenters. The maximum Gasteiger partial charge on any atom is 0.123 e. The maximum atomic E-state index is 12.7. The van der Waals surface area contributed by atoms with Crippen molar-refractivity contribution in [1.29, 1.82) is 5.26 Å². The molecule has 24 heavy (non-hydrogen) atoms. The SMILES string of the molecule is COc1ccc(F)cc1CC#N.COc1ccc(F)cc1CCN. The molecule has 0 saturated heterocycles. The quantitative estimate of drug-likeness (QED) is 0.911. The molecule has 0 radical (unpaired) electrons. The van der Waals surface area contributed by atoms with Crippen LogP contribution in [0.15, 0.2) is 36.4 Å². The van der Waals surface area contributed by atoms with Gasteiger partial charge in [-0.3, -0.25) is 0 Å². The molecule has 128 valence electrons. The van der Waals surface area contributed by atoms with Gasteiger partial charge < -0.3 is 15.2 Å². The van der Waals surface area contributed by atoms with E-state index in [2.05, 4.69) is 0 Å². The van der Waals surface area contributed by atoms with E-state index in [4.69, 9.17) is 20.5 Å². The van der Waals surface area contributed by atoms with Crippen LogP contribution in [-0.2, 0) is 12.8 Å². The Morgan fingerprint density at radius 1 is 0.958 bits per heavy atom. The van der Waals surface area contributed by atoms with Crippen LogP contribution < -0.4 is 15.2 Å². The molecule has 0 aliphatic carbocycles. The highest BCUT2D eigenvalue weighted by molar-refractivity contribution is 5.35. The van der Waals surface area contributed by atoms with E-state index in [-0.39, 0.29) is 18.1 Å². The van der Waals surface area contributed by atoms with Crippen LogP contribution in [0.4, 0.5) is 8.78 Å². The van der Waals surface area contributed by atoms with E-state index >= 15 is 0 Å². The molecule has 0 aliphatic heterocycles. The van der Waals surface area contributed by atoms with Crippen molar-refractivity contribution in [3.05, 3.63) is 59.2 Å². The van der Waals surface area contributed by atoms with Crippen molar-refractivity contribution in [1.82, 2.24) is 0 Å². The van der Waals surface area contributed by atoms with Crippen molar-refractivity contribution in [2.24, 2.45) is 5.73 Å². The standard InChI is InChI=1S/C9H12FNO.C9H8FNO/c2*1-12-9-3-2-8(10)6-7(9)4-5-11/h2-3,6H,4-5,11H2,1H3;2-3,6H,4H2,1H3. The summed E-state index contributed by atoms with van der Waals surface area (Å²) in [6.07, 6.45) is 0.807. The smallest absolute Gasteiger partial charge is 0.123 e. The molecule has 2 aromatic carbocycles. The van der Waals surface area contributed by atoms with E-state index in [0.717, 1.165) is 5.56 Å². The summed E-state index contributed by atoms with van der Waals surface area (Å²) in [5.41, 5.74) is 6.76. The van der Waals surface area contributed by atoms with E-state index in [0.29, 0.717) is 30.0 Å². The zero-order chi connectivity index (χ0) is 17.9. The molecule has 0 heterocycles. The van der Waals surface area contributed by atoms with Gasteiger partial charge in [-0.15, -0.1) is 0 Å². The molecule has 0 atom stereocenters. The fourth-order valence-electron chi connectivity index (χ4n) is 2.07. The first-order chi connectivity index (χ1) is 11.5. The summed E-state index contributed by atoms with van der Waals surface area (Å²) in [6, 6.07) is 10.5. The van der Waals surface area contributed by atoms with Crippen molar-refractivity contribution in [3.63, 3.8) is 0 Å². The van der Waals surface area contributed by atoms with Crippen molar-refractivity contribution >= 4 is 0 Å². The van der Waals surface area contributed by atoms with Crippen molar-refractivity contribution in [2.75, 3.05) is 20.8 Å². The first-order valence-corrected chi connectivity index (χ1v) is 7.27. The van der Waals surface area contributed by atoms with Gasteiger partial charge in [0.1, 0.15) is 23.1 Å². The van der Waals surface area contributed by atoms with Crippen LogP contribution in [0.25, 0.3) is 0 Å². The molecule has 0 amide bonds. The second-order valence-electron chi connectivity index (χ2n) is 4.79. The number of halogens is 2. The molecule has 2 aromatic rings. The van der Waals surface area contributed by atoms with E-state index < -0.39 is 0 Å². The number of hydrogen-bond acceptors (Lipinski definition) is 4. The lowest BCUT2D eigenvalue weighted by atomic mass is 10.1. The Kier molecular flexibility index (Phi) is 8.23. The summed E-state index contributed by atoms with van der Waals surface area (Å²) >= 11 is 0. The van der Waals surface area contributed by atoms with Crippen LogP contribution in [0.1, 0.15) is 11.1 Å². The van der Waals surface area contributed by atoms with E-state index in [9.17, 15) is 8.78 Å². The Hall–Kier alpha value is -2.65. The summed E-state index contributed by atoms with van der Waals surface area (Å²) in [5.74, 6) is 0.653. The average Bonchev–Trinajstić information content (AvgIpc) is 2.57. The van der Waals surface area contributed by atoms with Crippen LogP contribution in [0.5, 0.6) is 11.5 Å². The normalized spacial score (nSPS) is 9.50. The second-order valence-corrected chi connectivity index (χ2v) is 4.79. The Morgan fingerprint density at radius 2 is 1.46 bits per heavy atom. The predicted molar refractivity (Wildman–Crippen MR) is 88.0 cm³/mol. The second kappa shape index (κ2) is 10.2. The Balaban J connectivity index is 0.000000240. The summed E-state index contributed by atoms with van der Waals surface area (Å²) in [5, 5.41) is 8.40. The predicted octanol–water partition coefficient (Wildman–Crippen LogP) is 3.24. The zero-order valence-electron chi connectivity index (χ0n) is 13.7. The fraction of sp³-hybridized carbons (Fsp3) is 0.278. The van der Waals surface area contributed by atoms with Gasteiger partial charge in [-0.1, -0.05) is 0 Å². The molecule has 6 heteroatoms. The number of nitrogens with zero attached hydrogens (tertiary/aromatic N) is 1. The van der Waals surface area contributed by atoms with Gasteiger partial charge in [0.2, 0.25) is 0 Å². The minimum Gasteiger partial charge on any atom is -0.496 e. The molecule has 2 N–H and O–H groups in total. The largest absolute Gasteiger partial charge is 0.496 e. The van der Waals surface area contributed by atoms with Crippen LogP contribution in [0.2, 0.25) is 0 Å². The molecular formula is C18H20F2N2O2. The van der Waals surface area contributed by atoms with Crippen molar-refractivity contribution < 1.29 is 18.3 Å². The first kappa shape index (κ1) is 19.4. The maximum absolute atomic E-state index is 12.7. The van der Waals surface area contributed by atoms with Gasteiger partial charge in [-0.05, 0) is 54.9 Å². The third-order valence-electron chi connectivity index (χ3n) is 3.17. The number of ether oxygens (including phenoxy) is 2. The molecule has 0 spiro atoms. The highest BCUT2D eigenvalue weighted by atomic mass is 19.1. The molecule has 0 aliphatic rings. The summed E-state index contributed by atoms with van der Waals surface area (Å²) in [4.78, 5) is 0. The zero-order valence-corrected chi connectivity index (χ0v) is 13.7. The molecule has 0 saturated carbocycles. The fourth-order valence-corrected chi connectivity index (χ4v) is 2.07. The monoisotopic (exact) mass is 334 g/mol. The number of nitrogens with two attached hydrogens (primary N) is 1. The van der Waals surface area contributed by atoms with E-state index in [1.807, 2.05) is 6.07 Å². The van der Waals surface area contributed by atoms with Crippen LogP contribution in [0, 0.1) is 23.0 Å². The third kappa shape index (κ3) is 5.86. The number of nitriles is 1. The topological polar surface area (TPSA) is 68.3 Å². The highest BCUT2D eigenvalue weighted by Gasteiger charge is 2.03. The number of benzene rings is 2. The van der Waals surface area contributed by atoms with Crippen molar-refractivity contribution in [3.8, 4) is 17.6 Å². The van der Waals surface area contributed by atoms with Crippen molar-refractivity contribution in [2.45, 2.75) is 12.8 Å². The minimum atomic E-state index is -0.346. The lowest BCUT2D eigenvalue weighted by Crippen LogP contribution is -2.04. The van der Waals surface area contributed by atoms with Crippen LogP contribution in [0.3, 0.4) is 0 Å². The van der Waals surface area contributed by atoms with Gasteiger partial charge in [0, 0.05) is 5.56 Å². The van der Waals surface area contributed by atoms with Crippen LogP contribution >= 0.6 is 0 Å². The number of methoxy groups -OCH3 is 2. The Labute approximate surface area is 140 Å². The lowest BCUT2D eigenvalue weighted by molar-refractivity contribution is 0.408. The molecule has 2 rings (SSSR count). The summed E-state index contributed by atoms with van der Waals surface area (Å²) < 4.78 is 35.3. The number of hydrogen-bond donors (Lipinski definition) is 1. The van der Waals surface area contributed by atoms with E-state index in [1.54, 1.807) is 13.2 Å². The Morgan fingerprint density at radius 3 is 1.92 bits per heavy atom.